The molecule has 0 bridgehead atoms. The van der Waals surface area contributed by atoms with E-state index in [-0.39, 0.29) is 75.1 Å². The molecule has 0 amide bonds. The molecule has 0 aromatic heterocycles. The Balaban J connectivity index is 1.68. The molecule has 0 heterocycles. The van der Waals surface area contributed by atoms with Gasteiger partial charge in [-0.2, -0.15) is 0 Å². The van der Waals surface area contributed by atoms with Crippen molar-refractivity contribution in [1.82, 2.24) is 0 Å². The molecule has 2 rings (SSSR count). The summed E-state index contributed by atoms with van der Waals surface area (Å²) in [5.41, 5.74) is 0.348. The fraction of sp³-hybridized carbons (Fsp3) is 0.500. The highest BCUT2D eigenvalue weighted by molar-refractivity contribution is 6.03. The first-order chi connectivity index (χ1) is 21.0. The van der Waals surface area contributed by atoms with Gasteiger partial charge in [-0.15, -0.1) is 0 Å². The van der Waals surface area contributed by atoms with Gasteiger partial charge in [-0.25, -0.2) is 19.2 Å². The Morgan fingerprint density at radius 1 is 0.419 bits per heavy atom. The second kappa shape index (κ2) is 21.8. The van der Waals surface area contributed by atoms with Crippen LogP contribution < -0.4 is 0 Å². The van der Waals surface area contributed by atoms with Crippen LogP contribution in [0, 0.1) is 0 Å². The van der Waals surface area contributed by atoms with E-state index in [1.54, 1.807) is 24.3 Å². The zero-order valence-corrected chi connectivity index (χ0v) is 25.0. The van der Waals surface area contributed by atoms with Gasteiger partial charge in [0.2, 0.25) is 0 Å². The first-order valence-corrected chi connectivity index (χ1v) is 14.6. The number of hydrogen-bond donors (Lipinski definition) is 0. The van der Waals surface area contributed by atoms with Crippen molar-refractivity contribution in [2.45, 2.75) is 39.5 Å². The molecule has 0 unspecified atom stereocenters. The SMILES string of the molecule is CCCCOCCOC(=O)c1ccccc1C(=O)OCCOCCOC(=O)c1ccccc1C(=O)OCCOCCCC. The number of unbranched alkanes of at least 4 members (excludes halogenated alkanes) is 2. The molecule has 0 atom stereocenters. The highest BCUT2D eigenvalue weighted by Gasteiger charge is 2.20. The van der Waals surface area contributed by atoms with E-state index in [4.69, 9.17) is 33.2 Å². The summed E-state index contributed by atoms with van der Waals surface area (Å²) in [6, 6.07) is 12.4. The molecule has 2 aromatic carbocycles. The van der Waals surface area contributed by atoms with Crippen LogP contribution >= 0.6 is 0 Å². The zero-order chi connectivity index (χ0) is 31.1. The number of hydrogen-bond acceptors (Lipinski definition) is 11. The molecular weight excluding hydrogens is 560 g/mol. The van der Waals surface area contributed by atoms with Crippen molar-refractivity contribution in [1.29, 1.82) is 0 Å². The van der Waals surface area contributed by atoms with Gasteiger partial charge in [-0.1, -0.05) is 51.0 Å². The maximum atomic E-state index is 12.5. The van der Waals surface area contributed by atoms with Crippen LogP contribution in [0.5, 0.6) is 0 Å². The Morgan fingerprint density at radius 3 is 0.930 bits per heavy atom. The third-order valence-electron chi connectivity index (χ3n) is 5.86. The summed E-state index contributed by atoms with van der Waals surface area (Å²) in [7, 11) is 0. The summed E-state index contributed by atoms with van der Waals surface area (Å²) in [6.07, 6.45) is 3.89. The monoisotopic (exact) mass is 602 g/mol. The summed E-state index contributed by atoms with van der Waals surface area (Å²) < 4.78 is 37.0. The molecule has 0 fully saturated rings. The lowest BCUT2D eigenvalue weighted by Crippen LogP contribution is -2.19. The number of carbonyl (C=O) groups is 4. The molecular formula is C32H42O11. The summed E-state index contributed by atoms with van der Waals surface area (Å²) in [5.74, 6) is -2.68. The highest BCUT2D eigenvalue weighted by Crippen LogP contribution is 2.13. The normalized spacial score (nSPS) is 10.7. The topological polar surface area (TPSA) is 133 Å². The third-order valence-corrected chi connectivity index (χ3v) is 5.86. The van der Waals surface area contributed by atoms with Gasteiger partial charge in [0.05, 0.1) is 48.7 Å². The van der Waals surface area contributed by atoms with Crippen LogP contribution in [-0.4, -0.2) is 89.9 Å². The summed E-state index contributed by atoms with van der Waals surface area (Å²) in [6.45, 7) is 5.92. The molecule has 0 saturated heterocycles. The van der Waals surface area contributed by atoms with Gasteiger partial charge < -0.3 is 33.2 Å². The van der Waals surface area contributed by atoms with Crippen molar-refractivity contribution < 1.29 is 52.3 Å². The highest BCUT2D eigenvalue weighted by atomic mass is 16.6. The summed E-state index contributed by atoms with van der Waals surface area (Å²) in [5, 5.41) is 0. The number of esters is 4. The molecule has 236 valence electrons. The second-order valence-electron chi connectivity index (χ2n) is 9.18. The van der Waals surface area contributed by atoms with Gasteiger partial charge >= 0.3 is 23.9 Å². The molecule has 2 aromatic rings. The van der Waals surface area contributed by atoms with E-state index in [2.05, 4.69) is 13.8 Å². The Kier molecular flexibility index (Phi) is 18.0. The van der Waals surface area contributed by atoms with Crippen LogP contribution in [0.25, 0.3) is 0 Å². The van der Waals surface area contributed by atoms with E-state index in [0.29, 0.717) is 13.2 Å². The predicted octanol–water partition coefficient (Wildman–Crippen LogP) is 4.66. The van der Waals surface area contributed by atoms with Crippen LogP contribution in [0.1, 0.15) is 81.0 Å². The van der Waals surface area contributed by atoms with Gasteiger partial charge in [0.15, 0.2) is 0 Å². The fourth-order valence-corrected chi connectivity index (χ4v) is 3.56. The Bertz CT molecular complexity index is 1040. The average molecular weight is 603 g/mol. The van der Waals surface area contributed by atoms with E-state index >= 15 is 0 Å². The van der Waals surface area contributed by atoms with Crippen molar-refractivity contribution in [2.75, 3.05) is 66.1 Å². The second-order valence-corrected chi connectivity index (χ2v) is 9.18. The minimum Gasteiger partial charge on any atom is -0.460 e. The van der Waals surface area contributed by atoms with Crippen LogP contribution in [-0.2, 0) is 33.2 Å². The van der Waals surface area contributed by atoms with Crippen LogP contribution in [0.2, 0.25) is 0 Å². The largest absolute Gasteiger partial charge is 0.460 e. The van der Waals surface area contributed by atoms with Crippen LogP contribution in [0.4, 0.5) is 0 Å². The molecule has 0 aliphatic carbocycles. The number of rotatable bonds is 22. The lowest BCUT2D eigenvalue weighted by atomic mass is 10.1. The number of ether oxygens (including phenoxy) is 7. The molecule has 11 heteroatoms. The molecule has 11 nitrogen and oxygen atoms in total. The molecule has 43 heavy (non-hydrogen) atoms. The maximum absolute atomic E-state index is 12.5. The van der Waals surface area contributed by atoms with Crippen molar-refractivity contribution in [3.63, 3.8) is 0 Å². The Morgan fingerprint density at radius 2 is 0.674 bits per heavy atom. The maximum Gasteiger partial charge on any atom is 0.339 e. The van der Waals surface area contributed by atoms with Gasteiger partial charge in [0, 0.05) is 13.2 Å². The minimum absolute atomic E-state index is 0.0360. The van der Waals surface area contributed by atoms with Gasteiger partial charge in [-0.3, -0.25) is 0 Å². The van der Waals surface area contributed by atoms with Crippen LogP contribution in [0.3, 0.4) is 0 Å². The molecule has 0 aliphatic rings. The van der Waals surface area contributed by atoms with Crippen molar-refractivity contribution in [3.05, 3.63) is 70.8 Å². The minimum atomic E-state index is -0.696. The van der Waals surface area contributed by atoms with Crippen molar-refractivity contribution in [2.24, 2.45) is 0 Å². The van der Waals surface area contributed by atoms with E-state index in [0.717, 1.165) is 25.7 Å². The first-order valence-electron chi connectivity index (χ1n) is 14.6. The smallest absolute Gasteiger partial charge is 0.339 e. The zero-order valence-electron chi connectivity index (χ0n) is 25.0. The molecule has 0 N–H and O–H groups in total. The number of carbonyl (C=O) groups excluding carboxylic acids is 4. The van der Waals surface area contributed by atoms with Gasteiger partial charge in [0.25, 0.3) is 0 Å². The van der Waals surface area contributed by atoms with E-state index in [9.17, 15) is 19.2 Å². The Hall–Kier alpha value is -3.80. The lowest BCUT2D eigenvalue weighted by Gasteiger charge is -2.11. The van der Waals surface area contributed by atoms with E-state index < -0.39 is 23.9 Å². The quantitative estimate of drug-likeness (QED) is 0.106. The predicted molar refractivity (Wildman–Crippen MR) is 156 cm³/mol. The van der Waals surface area contributed by atoms with Crippen LogP contribution in [0.15, 0.2) is 48.5 Å². The lowest BCUT2D eigenvalue weighted by molar-refractivity contribution is 0.0141. The van der Waals surface area contributed by atoms with Gasteiger partial charge in [0.1, 0.15) is 26.4 Å². The molecule has 0 radical (unpaired) electrons. The van der Waals surface area contributed by atoms with Crippen molar-refractivity contribution in [3.8, 4) is 0 Å². The first kappa shape index (κ1) is 35.4. The third kappa shape index (κ3) is 13.8. The average Bonchev–Trinajstić information content (AvgIpc) is 3.03. The molecule has 0 spiro atoms. The summed E-state index contributed by atoms with van der Waals surface area (Å²) >= 11 is 0. The fourth-order valence-electron chi connectivity index (χ4n) is 3.56. The van der Waals surface area contributed by atoms with Gasteiger partial charge in [-0.05, 0) is 37.1 Å². The summed E-state index contributed by atoms with van der Waals surface area (Å²) in [4.78, 5) is 49.9. The molecule has 0 aliphatic heterocycles. The molecule has 0 saturated carbocycles. The van der Waals surface area contributed by atoms with E-state index in [1.807, 2.05) is 0 Å². The number of benzene rings is 2. The van der Waals surface area contributed by atoms with Crippen molar-refractivity contribution >= 4 is 23.9 Å². The van der Waals surface area contributed by atoms with E-state index in [1.165, 1.54) is 24.3 Å². The Labute approximate surface area is 252 Å². The standard InChI is InChI=1S/C32H42O11/c1-3-5-15-37-17-21-40-29(33)25-11-7-9-13-27(25)31(35)42-23-19-39-20-24-43-32(36)28-14-10-8-12-26(28)30(34)41-22-18-38-16-6-4-2/h7-14H,3-6,15-24H2,1-2H3.